The second-order valence-electron chi connectivity index (χ2n) is 6.40. The molecule has 1 aliphatic heterocycles. The van der Waals surface area contributed by atoms with E-state index in [4.69, 9.17) is 5.73 Å². The maximum Gasteiger partial charge on any atom is 0.223 e. The maximum absolute atomic E-state index is 12.4. The van der Waals surface area contributed by atoms with E-state index in [-0.39, 0.29) is 17.9 Å². The number of hydrogen-bond acceptors (Lipinski definition) is 5. The number of aromatic nitrogens is 2. The maximum atomic E-state index is 12.4. The Balaban J connectivity index is 1.82. The highest BCUT2D eigenvalue weighted by Crippen LogP contribution is 2.21. The van der Waals surface area contributed by atoms with Gasteiger partial charge >= 0.3 is 0 Å². The minimum atomic E-state index is 0.0779. The molecule has 2 heterocycles. The quantitative estimate of drug-likeness (QED) is 0.824. The predicted octanol–water partition coefficient (Wildman–Crippen LogP) is 1.18. The van der Waals surface area contributed by atoms with Crippen molar-refractivity contribution in [1.29, 1.82) is 0 Å². The molecule has 0 aliphatic carbocycles. The Kier molecular flexibility index (Phi) is 6.12. The molecule has 1 aliphatic rings. The Morgan fingerprint density at radius 1 is 1.41 bits per heavy atom. The van der Waals surface area contributed by atoms with E-state index in [2.05, 4.69) is 34.0 Å². The largest absolute Gasteiger partial charge is 0.355 e. The molecule has 1 saturated heterocycles. The van der Waals surface area contributed by atoms with E-state index >= 15 is 0 Å². The molecule has 122 valence electrons. The lowest BCUT2D eigenvalue weighted by Crippen LogP contribution is -2.46. The SMILES string of the molecule is CC(C)CC(CN)NC(=O)C1CCN(c2cnccn2)CC1. The van der Waals surface area contributed by atoms with Crippen molar-refractivity contribution < 1.29 is 4.79 Å². The smallest absolute Gasteiger partial charge is 0.223 e. The molecular weight excluding hydrogens is 278 g/mol. The van der Waals surface area contributed by atoms with Crippen LogP contribution in [0.4, 0.5) is 5.82 Å². The molecule has 0 radical (unpaired) electrons. The molecule has 1 atom stereocenters. The lowest BCUT2D eigenvalue weighted by molar-refractivity contribution is -0.126. The van der Waals surface area contributed by atoms with Crippen LogP contribution < -0.4 is 16.0 Å². The molecule has 0 saturated carbocycles. The van der Waals surface area contributed by atoms with Crippen LogP contribution in [0.3, 0.4) is 0 Å². The van der Waals surface area contributed by atoms with E-state index in [1.165, 1.54) is 0 Å². The van der Waals surface area contributed by atoms with E-state index in [0.717, 1.165) is 38.2 Å². The first kappa shape index (κ1) is 16.7. The third-order valence-electron chi connectivity index (χ3n) is 4.13. The van der Waals surface area contributed by atoms with Crippen molar-refractivity contribution in [2.75, 3.05) is 24.5 Å². The van der Waals surface area contributed by atoms with Gasteiger partial charge in [-0.1, -0.05) is 13.8 Å². The fraction of sp³-hybridized carbons (Fsp3) is 0.688. The normalized spacial score (nSPS) is 17.5. The van der Waals surface area contributed by atoms with Crippen LogP contribution in [-0.4, -0.2) is 41.6 Å². The highest BCUT2D eigenvalue weighted by molar-refractivity contribution is 5.79. The van der Waals surface area contributed by atoms with E-state index in [0.29, 0.717) is 12.5 Å². The third kappa shape index (κ3) is 4.66. The number of nitrogens with zero attached hydrogens (tertiary/aromatic N) is 3. The number of carbonyl (C=O) groups excluding carboxylic acids is 1. The number of hydrogen-bond donors (Lipinski definition) is 2. The average molecular weight is 305 g/mol. The molecule has 0 bridgehead atoms. The van der Waals surface area contributed by atoms with Crippen molar-refractivity contribution in [3.8, 4) is 0 Å². The fourth-order valence-electron chi connectivity index (χ4n) is 2.93. The third-order valence-corrected chi connectivity index (χ3v) is 4.13. The van der Waals surface area contributed by atoms with Gasteiger partial charge in [0, 0.05) is 44.0 Å². The van der Waals surface area contributed by atoms with Gasteiger partial charge in [-0.05, 0) is 25.2 Å². The Labute approximate surface area is 132 Å². The summed E-state index contributed by atoms with van der Waals surface area (Å²) in [6.07, 6.45) is 7.77. The molecule has 1 unspecified atom stereocenters. The highest BCUT2D eigenvalue weighted by Gasteiger charge is 2.26. The van der Waals surface area contributed by atoms with E-state index in [9.17, 15) is 4.79 Å². The van der Waals surface area contributed by atoms with Gasteiger partial charge in [0.15, 0.2) is 0 Å². The molecule has 6 nitrogen and oxygen atoms in total. The highest BCUT2D eigenvalue weighted by atomic mass is 16.1. The summed E-state index contributed by atoms with van der Waals surface area (Å²) in [5, 5.41) is 3.11. The summed E-state index contributed by atoms with van der Waals surface area (Å²) >= 11 is 0. The standard InChI is InChI=1S/C16H27N5O/c1-12(2)9-14(10-17)20-16(22)13-3-7-21(8-4-13)15-11-18-5-6-19-15/h5-6,11-14H,3-4,7-10,17H2,1-2H3,(H,20,22). The minimum absolute atomic E-state index is 0.0779. The van der Waals surface area contributed by atoms with Crippen LogP contribution in [0.2, 0.25) is 0 Å². The van der Waals surface area contributed by atoms with Gasteiger partial charge in [-0.2, -0.15) is 0 Å². The Hall–Kier alpha value is -1.69. The van der Waals surface area contributed by atoms with Crippen LogP contribution in [0.1, 0.15) is 33.1 Å². The van der Waals surface area contributed by atoms with Crippen molar-refractivity contribution in [2.24, 2.45) is 17.6 Å². The van der Waals surface area contributed by atoms with Crippen LogP contribution in [-0.2, 0) is 4.79 Å². The van der Waals surface area contributed by atoms with Crippen molar-refractivity contribution in [2.45, 2.75) is 39.2 Å². The number of piperidine rings is 1. The molecule has 22 heavy (non-hydrogen) atoms. The zero-order valence-electron chi connectivity index (χ0n) is 13.5. The average Bonchev–Trinajstić information content (AvgIpc) is 2.54. The van der Waals surface area contributed by atoms with Gasteiger partial charge in [0.25, 0.3) is 0 Å². The van der Waals surface area contributed by atoms with Gasteiger partial charge in [0.05, 0.1) is 6.20 Å². The number of carbonyl (C=O) groups is 1. The van der Waals surface area contributed by atoms with Crippen molar-refractivity contribution in [1.82, 2.24) is 15.3 Å². The van der Waals surface area contributed by atoms with Crippen LogP contribution >= 0.6 is 0 Å². The van der Waals surface area contributed by atoms with Gasteiger partial charge in [-0.15, -0.1) is 0 Å². The molecule has 0 aromatic carbocycles. The van der Waals surface area contributed by atoms with E-state index in [1.807, 2.05) is 0 Å². The molecule has 1 fully saturated rings. The molecule has 6 heteroatoms. The van der Waals surface area contributed by atoms with Gasteiger partial charge in [0.2, 0.25) is 5.91 Å². The summed E-state index contributed by atoms with van der Waals surface area (Å²) in [6, 6.07) is 0.0884. The van der Waals surface area contributed by atoms with Gasteiger partial charge < -0.3 is 16.0 Å². The summed E-state index contributed by atoms with van der Waals surface area (Å²) in [6.45, 7) is 6.48. The molecule has 1 amide bonds. The number of anilines is 1. The van der Waals surface area contributed by atoms with Gasteiger partial charge in [-0.25, -0.2) is 4.98 Å². The summed E-state index contributed by atoms with van der Waals surface area (Å²) in [4.78, 5) is 23.0. The van der Waals surface area contributed by atoms with Gasteiger partial charge in [0.1, 0.15) is 5.82 Å². The molecule has 2 rings (SSSR count). The van der Waals surface area contributed by atoms with Crippen LogP contribution in [0.15, 0.2) is 18.6 Å². The van der Waals surface area contributed by atoms with Crippen LogP contribution in [0, 0.1) is 11.8 Å². The minimum Gasteiger partial charge on any atom is -0.355 e. The predicted molar refractivity (Wildman–Crippen MR) is 87.4 cm³/mol. The molecule has 1 aromatic heterocycles. The summed E-state index contributed by atoms with van der Waals surface area (Å²) in [7, 11) is 0. The first-order chi connectivity index (χ1) is 10.6. The zero-order valence-corrected chi connectivity index (χ0v) is 13.5. The lowest BCUT2D eigenvalue weighted by atomic mass is 9.95. The van der Waals surface area contributed by atoms with Crippen LogP contribution in [0.25, 0.3) is 0 Å². The zero-order chi connectivity index (χ0) is 15.9. The van der Waals surface area contributed by atoms with Crippen LogP contribution in [0.5, 0.6) is 0 Å². The topological polar surface area (TPSA) is 84.1 Å². The number of rotatable bonds is 6. The Bertz CT molecular complexity index is 457. The van der Waals surface area contributed by atoms with Crippen molar-refractivity contribution in [3.63, 3.8) is 0 Å². The molecule has 1 aromatic rings. The second-order valence-corrected chi connectivity index (χ2v) is 6.40. The second kappa shape index (κ2) is 8.08. The molecule has 3 N–H and O–H groups in total. The Morgan fingerprint density at radius 2 is 2.14 bits per heavy atom. The van der Waals surface area contributed by atoms with Gasteiger partial charge in [-0.3, -0.25) is 9.78 Å². The van der Waals surface area contributed by atoms with Crippen molar-refractivity contribution >= 4 is 11.7 Å². The number of nitrogens with one attached hydrogen (secondary N) is 1. The molecule has 0 spiro atoms. The summed E-state index contributed by atoms with van der Waals surface area (Å²) in [5.74, 6) is 1.65. The lowest BCUT2D eigenvalue weighted by Gasteiger charge is -2.32. The fourth-order valence-corrected chi connectivity index (χ4v) is 2.93. The summed E-state index contributed by atoms with van der Waals surface area (Å²) in [5.41, 5.74) is 5.76. The first-order valence-corrected chi connectivity index (χ1v) is 8.11. The number of amides is 1. The molecular formula is C16H27N5O. The van der Waals surface area contributed by atoms with Crippen molar-refractivity contribution in [3.05, 3.63) is 18.6 Å². The first-order valence-electron chi connectivity index (χ1n) is 8.11. The Morgan fingerprint density at radius 3 is 2.68 bits per heavy atom. The van der Waals surface area contributed by atoms with E-state index in [1.54, 1.807) is 18.6 Å². The van der Waals surface area contributed by atoms with E-state index < -0.39 is 0 Å². The summed E-state index contributed by atoms with van der Waals surface area (Å²) < 4.78 is 0. The monoisotopic (exact) mass is 305 g/mol. The number of nitrogens with two attached hydrogens (primary N) is 1.